The van der Waals surface area contributed by atoms with Crippen LogP contribution in [-0.2, 0) is 0 Å². The fourth-order valence-electron chi connectivity index (χ4n) is 4.19. The molecule has 0 bridgehead atoms. The van der Waals surface area contributed by atoms with Gasteiger partial charge in [0.2, 0.25) is 0 Å². The van der Waals surface area contributed by atoms with Crippen molar-refractivity contribution in [2.24, 2.45) is 0 Å². The Morgan fingerprint density at radius 2 is 0.972 bits per heavy atom. The smallest absolute Gasteiger partial charge is 0.0249 e. The fourth-order valence-corrected chi connectivity index (χ4v) is 4.19. The third-order valence-corrected chi connectivity index (χ3v) is 6.46. The van der Waals surface area contributed by atoms with Gasteiger partial charge in [-0.1, -0.05) is 114 Å². The van der Waals surface area contributed by atoms with Crippen LogP contribution in [0.15, 0.2) is 121 Å². The van der Waals surface area contributed by atoms with Crippen molar-refractivity contribution >= 4 is 0 Å². The van der Waals surface area contributed by atoms with Crippen LogP contribution in [0.3, 0.4) is 0 Å². The Kier molecular flexibility index (Phi) is 6.98. The molecule has 1 unspecified atom stereocenters. The summed E-state index contributed by atoms with van der Waals surface area (Å²) in [5.74, 6) is 13.6. The van der Waals surface area contributed by atoms with Crippen molar-refractivity contribution in [3.8, 4) is 34.8 Å². The molecule has 0 nitrogen and oxygen atoms in total. The zero-order chi connectivity index (χ0) is 24.7. The Hall–Kier alpha value is -4.52. The Morgan fingerprint density at radius 3 is 1.47 bits per heavy atom. The number of benzene rings is 4. The maximum atomic E-state index is 3.31. The van der Waals surface area contributed by atoms with E-state index in [1.165, 1.54) is 27.8 Å². The highest BCUT2D eigenvalue weighted by Gasteiger charge is 2.10. The standard InChI is InChI=1S/C36H28/c1-27-3-19-33(20-4-27)35-23-15-31(16-24-35)13-11-29-7-9-30(10-8-29)12-14-32-17-25-36(26-18-32)34-21-5-28(2)6-22-34/h3-10,15-25,36H,26H2,1-2H3. The highest BCUT2D eigenvalue weighted by molar-refractivity contribution is 5.64. The topological polar surface area (TPSA) is 0 Å². The minimum absolute atomic E-state index is 0.438. The van der Waals surface area contributed by atoms with E-state index in [1.54, 1.807) is 0 Å². The third-order valence-electron chi connectivity index (χ3n) is 6.46. The molecule has 5 rings (SSSR count). The minimum atomic E-state index is 0.438. The van der Waals surface area contributed by atoms with E-state index in [-0.39, 0.29) is 0 Å². The molecule has 1 aliphatic rings. The van der Waals surface area contributed by atoms with Gasteiger partial charge in [0, 0.05) is 28.2 Å². The van der Waals surface area contributed by atoms with Gasteiger partial charge in [-0.05, 0) is 73.4 Å². The molecule has 0 aromatic heterocycles. The van der Waals surface area contributed by atoms with Crippen LogP contribution in [-0.4, -0.2) is 0 Å². The summed E-state index contributed by atoms with van der Waals surface area (Å²) in [6.45, 7) is 4.23. The predicted molar refractivity (Wildman–Crippen MR) is 152 cm³/mol. The number of rotatable bonds is 2. The van der Waals surface area contributed by atoms with Crippen LogP contribution in [0.4, 0.5) is 0 Å². The summed E-state index contributed by atoms with van der Waals surface area (Å²) in [6.07, 6.45) is 7.64. The summed E-state index contributed by atoms with van der Waals surface area (Å²) in [6, 6.07) is 34.0. The van der Waals surface area contributed by atoms with Crippen LogP contribution in [0.25, 0.3) is 11.1 Å². The lowest BCUT2D eigenvalue weighted by molar-refractivity contribution is 0.849. The maximum Gasteiger partial charge on any atom is 0.0249 e. The largest absolute Gasteiger partial charge is 0.0755 e. The summed E-state index contributed by atoms with van der Waals surface area (Å²) in [5, 5.41) is 0. The van der Waals surface area contributed by atoms with Gasteiger partial charge in [0.05, 0.1) is 0 Å². The lowest BCUT2D eigenvalue weighted by Crippen LogP contribution is -1.98. The van der Waals surface area contributed by atoms with Crippen LogP contribution >= 0.6 is 0 Å². The molecule has 0 heteroatoms. The van der Waals surface area contributed by atoms with E-state index >= 15 is 0 Å². The van der Waals surface area contributed by atoms with Crippen molar-refractivity contribution in [3.63, 3.8) is 0 Å². The first-order valence-corrected chi connectivity index (χ1v) is 12.4. The Labute approximate surface area is 215 Å². The van der Waals surface area contributed by atoms with Gasteiger partial charge in [0.15, 0.2) is 0 Å². The molecule has 1 atom stereocenters. The molecule has 0 aliphatic heterocycles. The summed E-state index contributed by atoms with van der Waals surface area (Å²) < 4.78 is 0. The van der Waals surface area contributed by atoms with E-state index in [1.807, 2.05) is 24.3 Å². The average Bonchev–Trinajstić information content (AvgIpc) is 2.93. The Morgan fingerprint density at radius 1 is 0.528 bits per heavy atom. The van der Waals surface area contributed by atoms with Crippen molar-refractivity contribution in [1.29, 1.82) is 0 Å². The summed E-state index contributed by atoms with van der Waals surface area (Å²) in [7, 11) is 0. The zero-order valence-electron chi connectivity index (χ0n) is 20.8. The summed E-state index contributed by atoms with van der Waals surface area (Å²) >= 11 is 0. The molecule has 0 N–H and O–H groups in total. The molecule has 172 valence electrons. The average molecular weight is 461 g/mol. The molecule has 4 aromatic rings. The SMILES string of the molecule is Cc1ccc(-c2ccc(C#Cc3ccc(C#CC4=CCC(c5ccc(C)cc5)C=C4)cc3)cc2)cc1. The van der Waals surface area contributed by atoms with E-state index in [0.29, 0.717) is 5.92 Å². The number of hydrogen-bond donors (Lipinski definition) is 0. The van der Waals surface area contributed by atoms with Crippen LogP contribution in [0.1, 0.15) is 45.7 Å². The molecule has 0 fully saturated rings. The lowest BCUT2D eigenvalue weighted by atomic mass is 9.90. The number of aryl methyl sites for hydroxylation is 2. The number of hydrogen-bond acceptors (Lipinski definition) is 0. The number of allylic oxidation sites excluding steroid dienone is 4. The van der Waals surface area contributed by atoms with Gasteiger partial charge < -0.3 is 0 Å². The normalized spacial score (nSPS) is 14.2. The molecule has 0 saturated carbocycles. The van der Waals surface area contributed by atoms with Gasteiger partial charge in [0.1, 0.15) is 0 Å². The predicted octanol–water partition coefficient (Wildman–Crippen LogP) is 8.39. The quantitative estimate of drug-likeness (QED) is 0.264. The lowest BCUT2D eigenvalue weighted by Gasteiger charge is -2.15. The van der Waals surface area contributed by atoms with Crippen molar-refractivity contribution in [2.75, 3.05) is 0 Å². The molecule has 4 aromatic carbocycles. The van der Waals surface area contributed by atoms with E-state index in [4.69, 9.17) is 0 Å². The molecule has 0 radical (unpaired) electrons. The molecule has 0 amide bonds. The van der Waals surface area contributed by atoms with Crippen molar-refractivity contribution in [1.82, 2.24) is 0 Å². The molecule has 0 spiro atoms. The fraction of sp³-hybridized carbons (Fsp3) is 0.111. The van der Waals surface area contributed by atoms with E-state index < -0.39 is 0 Å². The van der Waals surface area contributed by atoms with Gasteiger partial charge in [-0.25, -0.2) is 0 Å². The molecule has 0 saturated heterocycles. The van der Waals surface area contributed by atoms with Gasteiger partial charge in [-0.2, -0.15) is 0 Å². The molecule has 0 heterocycles. The summed E-state index contributed by atoms with van der Waals surface area (Å²) in [4.78, 5) is 0. The first-order chi connectivity index (χ1) is 17.6. The highest BCUT2D eigenvalue weighted by Crippen LogP contribution is 2.27. The Balaban J connectivity index is 1.19. The second-order valence-electron chi connectivity index (χ2n) is 9.29. The minimum Gasteiger partial charge on any atom is -0.0755 e. The first-order valence-electron chi connectivity index (χ1n) is 12.4. The second-order valence-corrected chi connectivity index (χ2v) is 9.29. The van der Waals surface area contributed by atoms with Gasteiger partial charge in [-0.15, -0.1) is 0 Å². The monoisotopic (exact) mass is 460 g/mol. The third kappa shape index (κ3) is 5.93. The van der Waals surface area contributed by atoms with Crippen molar-refractivity contribution in [2.45, 2.75) is 26.2 Å². The van der Waals surface area contributed by atoms with Crippen LogP contribution < -0.4 is 0 Å². The second kappa shape index (κ2) is 10.8. The molecular weight excluding hydrogens is 432 g/mol. The van der Waals surface area contributed by atoms with E-state index in [2.05, 4.69) is 129 Å². The van der Waals surface area contributed by atoms with E-state index in [9.17, 15) is 0 Å². The van der Waals surface area contributed by atoms with Crippen LogP contribution in [0.2, 0.25) is 0 Å². The molecule has 36 heavy (non-hydrogen) atoms. The molecule has 1 aliphatic carbocycles. The van der Waals surface area contributed by atoms with Gasteiger partial charge >= 0.3 is 0 Å². The Bertz CT molecular complexity index is 1520. The first kappa shape index (κ1) is 23.2. The molecular formula is C36H28. The summed E-state index contributed by atoms with van der Waals surface area (Å²) in [5.41, 5.74) is 10.4. The zero-order valence-corrected chi connectivity index (χ0v) is 20.8. The van der Waals surface area contributed by atoms with Gasteiger partial charge in [-0.3, -0.25) is 0 Å². The van der Waals surface area contributed by atoms with Crippen molar-refractivity contribution < 1.29 is 0 Å². The van der Waals surface area contributed by atoms with Gasteiger partial charge in [0.25, 0.3) is 0 Å². The highest BCUT2D eigenvalue weighted by atomic mass is 14.1. The van der Waals surface area contributed by atoms with Crippen LogP contribution in [0.5, 0.6) is 0 Å². The van der Waals surface area contributed by atoms with Crippen LogP contribution in [0, 0.1) is 37.5 Å². The maximum absolute atomic E-state index is 3.31. The van der Waals surface area contributed by atoms with Crippen molar-refractivity contribution in [3.05, 3.63) is 154 Å². The van der Waals surface area contributed by atoms with E-state index in [0.717, 1.165) is 28.7 Å².